The van der Waals surface area contributed by atoms with Gasteiger partial charge in [-0.05, 0) is 37.5 Å². The van der Waals surface area contributed by atoms with Gasteiger partial charge in [0.15, 0.2) is 0 Å². The molecule has 0 unspecified atom stereocenters. The first kappa shape index (κ1) is 12.6. The second-order valence-corrected chi connectivity index (χ2v) is 4.02. The van der Waals surface area contributed by atoms with Crippen LogP contribution in [-0.4, -0.2) is 16.0 Å². The van der Waals surface area contributed by atoms with Gasteiger partial charge in [-0.15, -0.1) is 0 Å². The summed E-state index contributed by atoms with van der Waals surface area (Å²) in [5, 5.41) is 22.0. The lowest BCUT2D eigenvalue weighted by molar-refractivity contribution is 0.317. The molecule has 0 amide bonds. The summed E-state index contributed by atoms with van der Waals surface area (Å²) < 4.78 is 0. The predicted octanol–water partition coefficient (Wildman–Crippen LogP) is 3.46. The summed E-state index contributed by atoms with van der Waals surface area (Å²) in [4.78, 5) is 0. The monoisotopic (exact) mass is 221 g/mol. The van der Waals surface area contributed by atoms with Gasteiger partial charge in [-0.3, -0.25) is 0 Å². The second kappa shape index (κ2) is 6.16. The zero-order valence-corrected chi connectivity index (χ0v) is 9.90. The Morgan fingerprint density at radius 2 is 2.06 bits per heavy atom. The average molecular weight is 221 g/mol. The van der Waals surface area contributed by atoms with Crippen LogP contribution in [0.1, 0.15) is 43.7 Å². The molecule has 0 aromatic heterocycles. The number of unbranched alkanes of at least 4 members (excludes halogenated alkanes) is 2. The summed E-state index contributed by atoms with van der Waals surface area (Å²) in [5.74, 6) is 0.185. The summed E-state index contributed by atoms with van der Waals surface area (Å²) in [7, 11) is 0. The van der Waals surface area contributed by atoms with Crippen molar-refractivity contribution >= 4 is 5.71 Å². The third-order valence-corrected chi connectivity index (χ3v) is 2.60. The van der Waals surface area contributed by atoms with Crippen molar-refractivity contribution in [3.8, 4) is 5.75 Å². The van der Waals surface area contributed by atoms with Crippen LogP contribution in [-0.2, 0) is 0 Å². The lowest BCUT2D eigenvalue weighted by Crippen LogP contribution is -2.01. The SMILES string of the molecule is CCCCC/C(=N/O)c1ccc(C)cc1O. The number of rotatable bonds is 5. The molecule has 0 radical (unpaired) electrons. The molecule has 3 nitrogen and oxygen atoms in total. The van der Waals surface area contributed by atoms with Crippen molar-refractivity contribution in [2.75, 3.05) is 0 Å². The number of benzene rings is 1. The second-order valence-electron chi connectivity index (χ2n) is 4.02. The Morgan fingerprint density at radius 1 is 1.31 bits per heavy atom. The minimum Gasteiger partial charge on any atom is -0.507 e. The van der Waals surface area contributed by atoms with E-state index in [0.717, 1.165) is 24.8 Å². The van der Waals surface area contributed by atoms with Crippen molar-refractivity contribution in [3.63, 3.8) is 0 Å². The fourth-order valence-electron chi connectivity index (χ4n) is 1.67. The van der Waals surface area contributed by atoms with E-state index < -0.39 is 0 Å². The predicted molar refractivity (Wildman–Crippen MR) is 65.3 cm³/mol. The summed E-state index contributed by atoms with van der Waals surface area (Å²) >= 11 is 0. The van der Waals surface area contributed by atoms with Gasteiger partial charge in [0.2, 0.25) is 0 Å². The standard InChI is InChI=1S/C13H19NO2/c1-3-4-5-6-12(14-16)11-8-7-10(2)9-13(11)15/h7-9,15-16H,3-6H2,1-2H3/b14-12-. The first-order valence-corrected chi connectivity index (χ1v) is 5.70. The number of phenolic OH excluding ortho intramolecular Hbond substituents is 1. The zero-order chi connectivity index (χ0) is 12.0. The number of hydrogen-bond acceptors (Lipinski definition) is 3. The molecule has 1 rings (SSSR count). The van der Waals surface area contributed by atoms with Gasteiger partial charge in [0, 0.05) is 5.56 Å². The van der Waals surface area contributed by atoms with Crippen LogP contribution in [0.3, 0.4) is 0 Å². The number of hydrogen-bond donors (Lipinski definition) is 2. The van der Waals surface area contributed by atoms with Gasteiger partial charge in [-0.1, -0.05) is 31.0 Å². The quantitative estimate of drug-likeness (QED) is 0.346. The molecule has 1 aromatic carbocycles. The summed E-state index contributed by atoms with van der Waals surface area (Å²) in [6.07, 6.45) is 3.90. The molecule has 3 heteroatoms. The first-order valence-electron chi connectivity index (χ1n) is 5.70. The highest BCUT2D eigenvalue weighted by Gasteiger charge is 2.09. The van der Waals surface area contributed by atoms with Gasteiger partial charge in [0.1, 0.15) is 5.75 Å². The number of nitrogens with zero attached hydrogens (tertiary/aromatic N) is 1. The maximum Gasteiger partial charge on any atom is 0.125 e. The molecule has 0 aliphatic carbocycles. The minimum atomic E-state index is 0.185. The Morgan fingerprint density at radius 3 is 2.62 bits per heavy atom. The third-order valence-electron chi connectivity index (χ3n) is 2.60. The van der Waals surface area contributed by atoms with Crippen LogP contribution in [0.5, 0.6) is 5.75 Å². The molecule has 0 saturated heterocycles. The maximum absolute atomic E-state index is 9.76. The number of oxime groups is 1. The van der Waals surface area contributed by atoms with Crippen molar-refractivity contribution in [2.45, 2.75) is 39.5 Å². The maximum atomic E-state index is 9.76. The van der Waals surface area contributed by atoms with E-state index >= 15 is 0 Å². The van der Waals surface area contributed by atoms with Gasteiger partial charge in [-0.2, -0.15) is 0 Å². The zero-order valence-electron chi connectivity index (χ0n) is 9.90. The molecule has 16 heavy (non-hydrogen) atoms. The summed E-state index contributed by atoms with van der Waals surface area (Å²) in [6, 6.07) is 5.38. The Labute approximate surface area is 96.4 Å². The summed E-state index contributed by atoms with van der Waals surface area (Å²) in [5.41, 5.74) is 2.18. The van der Waals surface area contributed by atoms with Crippen LogP contribution in [0.15, 0.2) is 23.4 Å². The highest BCUT2D eigenvalue weighted by atomic mass is 16.4. The van der Waals surface area contributed by atoms with E-state index in [-0.39, 0.29) is 5.75 Å². The molecule has 0 fully saturated rings. The molecular weight excluding hydrogens is 202 g/mol. The lowest BCUT2D eigenvalue weighted by atomic mass is 10.0. The molecule has 0 aliphatic heterocycles. The van der Waals surface area contributed by atoms with Crippen LogP contribution in [0.25, 0.3) is 0 Å². The Kier molecular flexibility index (Phi) is 4.83. The molecule has 0 aliphatic rings. The van der Waals surface area contributed by atoms with Gasteiger partial charge >= 0.3 is 0 Å². The van der Waals surface area contributed by atoms with E-state index in [1.54, 1.807) is 12.1 Å². The van der Waals surface area contributed by atoms with Crippen molar-refractivity contribution in [1.29, 1.82) is 0 Å². The first-order chi connectivity index (χ1) is 7.69. The highest BCUT2D eigenvalue weighted by Crippen LogP contribution is 2.21. The van der Waals surface area contributed by atoms with Crippen LogP contribution >= 0.6 is 0 Å². The van der Waals surface area contributed by atoms with E-state index in [0.29, 0.717) is 17.7 Å². The Hall–Kier alpha value is -1.51. The van der Waals surface area contributed by atoms with Crippen LogP contribution in [0, 0.1) is 6.92 Å². The van der Waals surface area contributed by atoms with E-state index in [1.807, 2.05) is 13.0 Å². The fraction of sp³-hybridized carbons (Fsp3) is 0.462. The number of phenols is 1. The molecule has 0 saturated carbocycles. The van der Waals surface area contributed by atoms with Crippen molar-refractivity contribution in [1.82, 2.24) is 0 Å². The van der Waals surface area contributed by atoms with E-state index in [2.05, 4.69) is 12.1 Å². The van der Waals surface area contributed by atoms with Gasteiger partial charge < -0.3 is 10.3 Å². The smallest absolute Gasteiger partial charge is 0.125 e. The van der Waals surface area contributed by atoms with Crippen molar-refractivity contribution in [3.05, 3.63) is 29.3 Å². The Bertz CT molecular complexity index is 372. The van der Waals surface area contributed by atoms with Crippen LogP contribution in [0.2, 0.25) is 0 Å². The van der Waals surface area contributed by atoms with Gasteiger partial charge in [0.05, 0.1) is 5.71 Å². The minimum absolute atomic E-state index is 0.185. The average Bonchev–Trinajstić information content (AvgIpc) is 2.26. The van der Waals surface area contributed by atoms with E-state index in [4.69, 9.17) is 5.21 Å². The van der Waals surface area contributed by atoms with Crippen molar-refractivity contribution in [2.24, 2.45) is 5.16 Å². The highest BCUT2D eigenvalue weighted by molar-refractivity contribution is 6.02. The van der Waals surface area contributed by atoms with Crippen molar-refractivity contribution < 1.29 is 10.3 Å². The topological polar surface area (TPSA) is 52.8 Å². The van der Waals surface area contributed by atoms with Crippen LogP contribution < -0.4 is 0 Å². The molecule has 0 bridgehead atoms. The van der Waals surface area contributed by atoms with E-state index in [9.17, 15) is 5.11 Å². The fourth-order valence-corrected chi connectivity index (χ4v) is 1.67. The number of aryl methyl sites for hydroxylation is 1. The molecule has 88 valence electrons. The van der Waals surface area contributed by atoms with Gasteiger partial charge in [0.25, 0.3) is 0 Å². The molecule has 0 spiro atoms. The Balaban J connectivity index is 2.80. The normalized spacial score (nSPS) is 11.8. The summed E-state index contributed by atoms with van der Waals surface area (Å²) in [6.45, 7) is 4.04. The molecular formula is C13H19NO2. The largest absolute Gasteiger partial charge is 0.507 e. The van der Waals surface area contributed by atoms with Crippen LogP contribution in [0.4, 0.5) is 0 Å². The molecule has 2 N–H and O–H groups in total. The molecule has 0 heterocycles. The molecule has 0 atom stereocenters. The lowest BCUT2D eigenvalue weighted by Gasteiger charge is -2.07. The van der Waals surface area contributed by atoms with E-state index in [1.165, 1.54) is 0 Å². The third kappa shape index (κ3) is 3.26. The number of aromatic hydroxyl groups is 1. The molecule has 1 aromatic rings. The van der Waals surface area contributed by atoms with Gasteiger partial charge in [-0.25, -0.2) is 0 Å².